The Morgan fingerprint density at radius 3 is 2.56 bits per heavy atom. The highest BCUT2D eigenvalue weighted by Gasteiger charge is 2.13. The van der Waals surface area contributed by atoms with Gasteiger partial charge in [0.2, 0.25) is 0 Å². The summed E-state index contributed by atoms with van der Waals surface area (Å²) in [6, 6.07) is 5.61. The molecule has 16 heavy (non-hydrogen) atoms. The molecular weight excluding hydrogens is 207 g/mol. The standard InChI is InChI=1S/C10H11BN2O3/c1-8-6-10(13-4-2-3-5-13)12-7-9(8)16-11(14)15/h2-7,14-15H,1H3. The molecule has 0 aliphatic rings. The van der Waals surface area contributed by atoms with E-state index >= 15 is 0 Å². The second-order valence-corrected chi connectivity index (χ2v) is 3.34. The van der Waals surface area contributed by atoms with Crippen molar-refractivity contribution in [1.82, 2.24) is 9.55 Å². The number of hydrogen-bond acceptors (Lipinski definition) is 4. The van der Waals surface area contributed by atoms with Crippen LogP contribution in [0, 0.1) is 6.92 Å². The van der Waals surface area contributed by atoms with Crippen LogP contribution in [-0.4, -0.2) is 26.9 Å². The Kier molecular flexibility index (Phi) is 2.94. The van der Waals surface area contributed by atoms with Gasteiger partial charge in [0.1, 0.15) is 11.6 Å². The predicted octanol–water partition coefficient (Wildman–Crippen LogP) is 0.529. The number of nitrogens with zero attached hydrogens (tertiary/aromatic N) is 2. The van der Waals surface area contributed by atoms with Crippen molar-refractivity contribution in [2.45, 2.75) is 6.92 Å². The molecule has 2 N–H and O–H groups in total. The number of aryl methyl sites for hydroxylation is 1. The molecule has 0 spiro atoms. The molecule has 0 bridgehead atoms. The third-order valence-corrected chi connectivity index (χ3v) is 2.15. The van der Waals surface area contributed by atoms with Crippen molar-refractivity contribution < 1.29 is 14.7 Å². The van der Waals surface area contributed by atoms with Gasteiger partial charge in [-0.2, -0.15) is 0 Å². The van der Waals surface area contributed by atoms with Crippen molar-refractivity contribution in [2.75, 3.05) is 0 Å². The molecule has 0 aliphatic carbocycles. The SMILES string of the molecule is Cc1cc(-n2cccc2)ncc1OB(O)O. The molecule has 2 aromatic heterocycles. The van der Waals surface area contributed by atoms with Gasteiger partial charge in [-0.05, 0) is 30.7 Å². The zero-order valence-corrected chi connectivity index (χ0v) is 8.74. The van der Waals surface area contributed by atoms with Crippen LogP contribution < -0.4 is 4.65 Å². The van der Waals surface area contributed by atoms with Gasteiger partial charge in [-0.25, -0.2) is 4.98 Å². The Labute approximate surface area is 93.1 Å². The topological polar surface area (TPSA) is 67.5 Å². The van der Waals surface area contributed by atoms with E-state index in [1.165, 1.54) is 6.20 Å². The Morgan fingerprint density at radius 1 is 1.31 bits per heavy atom. The maximum absolute atomic E-state index is 8.68. The van der Waals surface area contributed by atoms with E-state index in [9.17, 15) is 0 Å². The van der Waals surface area contributed by atoms with Crippen molar-refractivity contribution in [3.8, 4) is 11.6 Å². The van der Waals surface area contributed by atoms with Crippen LogP contribution in [0.1, 0.15) is 5.56 Å². The number of hydrogen-bond donors (Lipinski definition) is 2. The summed E-state index contributed by atoms with van der Waals surface area (Å²) < 4.78 is 6.61. The second kappa shape index (κ2) is 4.38. The molecule has 2 rings (SSSR count). The largest absolute Gasteiger partial charge is 0.707 e. The molecule has 0 radical (unpaired) electrons. The van der Waals surface area contributed by atoms with Crippen LogP contribution in [0.25, 0.3) is 5.82 Å². The second-order valence-electron chi connectivity index (χ2n) is 3.34. The lowest BCUT2D eigenvalue weighted by atomic mass is 10.2. The van der Waals surface area contributed by atoms with E-state index in [1.807, 2.05) is 36.0 Å². The fraction of sp³-hybridized carbons (Fsp3) is 0.100. The first-order valence-electron chi connectivity index (χ1n) is 4.79. The van der Waals surface area contributed by atoms with Crippen LogP contribution in [-0.2, 0) is 0 Å². The van der Waals surface area contributed by atoms with Crippen molar-refractivity contribution >= 4 is 7.32 Å². The average molecular weight is 218 g/mol. The molecule has 0 saturated carbocycles. The summed E-state index contributed by atoms with van der Waals surface area (Å²) in [5, 5.41) is 17.4. The van der Waals surface area contributed by atoms with Crippen molar-refractivity contribution in [3.63, 3.8) is 0 Å². The third kappa shape index (κ3) is 2.24. The van der Waals surface area contributed by atoms with Crippen LogP contribution in [0.3, 0.4) is 0 Å². The van der Waals surface area contributed by atoms with Gasteiger partial charge in [0.05, 0.1) is 6.20 Å². The van der Waals surface area contributed by atoms with Gasteiger partial charge in [-0.1, -0.05) is 0 Å². The Morgan fingerprint density at radius 2 is 2.00 bits per heavy atom. The smallest absolute Gasteiger partial charge is 0.510 e. The minimum Gasteiger partial charge on any atom is -0.510 e. The maximum atomic E-state index is 8.68. The van der Waals surface area contributed by atoms with Gasteiger partial charge < -0.3 is 19.3 Å². The first-order chi connectivity index (χ1) is 7.66. The zero-order valence-electron chi connectivity index (χ0n) is 8.74. The Bertz CT molecular complexity index is 471. The molecule has 2 aromatic rings. The highest BCUT2D eigenvalue weighted by Crippen LogP contribution is 2.18. The fourth-order valence-corrected chi connectivity index (χ4v) is 1.39. The molecule has 0 unspecified atom stereocenters. The van der Waals surface area contributed by atoms with Crippen LogP contribution >= 0.6 is 0 Å². The monoisotopic (exact) mass is 218 g/mol. The minimum absolute atomic E-state index is 0.353. The van der Waals surface area contributed by atoms with E-state index < -0.39 is 7.32 Å². The summed E-state index contributed by atoms with van der Waals surface area (Å²) in [7, 11) is -1.82. The highest BCUT2D eigenvalue weighted by molar-refractivity contribution is 6.33. The summed E-state index contributed by atoms with van der Waals surface area (Å²) in [4.78, 5) is 4.15. The summed E-state index contributed by atoms with van der Waals surface area (Å²) >= 11 is 0. The van der Waals surface area contributed by atoms with Gasteiger partial charge in [0.25, 0.3) is 0 Å². The van der Waals surface area contributed by atoms with E-state index in [1.54, 1.807) is 6.07 Å². The summed E-state index contributed by atoms with van der Waals surface area (Å²) in [6.07, 6.45) is 5.22. The van der Waals surface area contributed by atoms with Crippen LogP contribution in [0.15, 0.2) is 36.8 Å². The Balaban J connectivity index is 2.29. The number of pyridine rings is 1. The van der Waals surface area contributed by atoms with Gasteiger partial charge >= 0.3 is 7.32 Å². The van der Waals surface area contributed by atoms with E-state index in [-0.39, 0.29) is 0 Å². The maximum Gasteiger partial charge on any atom is 0.707 e. The molecule has 82 valence electrons. The highest BCUT2D eigenvalue weighted by atomic mass is 16.6. The van der Waals surface area contributed by atoms with Gasteiger partial charge in [0.15, 0.2) is 0 Å². The van der Waals surface area contributed by atoms with Crippen LogP contribution in [0.5, 0.6) is 5.75 Å². The van der Waals surface area contributed by atoms with Crippen molar-refractivity contribution in [2.24, 2.45) is 0 Å². The first kappa shape index (κ1) is 10.7. The molecule has 0 fully saturated rings. The minimum atomic E-state index is -1.82. The predicted molar refractivity (Wildman–Crippen MR) is 59.1 cm³/mol. The van der Waals surface area contributed by atoms with E-state index in [4.69, 9.17) is 14.7 Å². The fourth-order valence-electron chi connectivity index (χ4n) is 1.39. The molecule has 2 heterocycles. The van der Waals surface area contributed by atoms with Crippen molar-refractivity contribution in [3.05, 3.63) is 42.4 Å². The van der Waals surface area contributed by atoms with Crippen molar-refractivity contribution in [1.29, 1.82) is 0 Å². The lowest BCUT2D eigenvalue weighted by molar-refractivity contribution is 0.287. The lowest BCUT2D eigenvalue weighted by Crippen LogP contribution is -2.21. The van der Waals surface area contributed by atoms with E-state index in [2.05, 4.69) is 4.98 Å². The lowest BCUT2D eigenvalue weighted by Gasteiger charge is -2.09. The molecule has 5 nitrogen and oxygen atoms in total. The molecule has 0 amide bonds. The number of rotatable bonds is 3. The molecule has 6 heteroatoms. The zero-order chi connectivity index (χ0) is 11.5. The Hall–Kier alpha value is -1.79. The summed E-state index contributed by atoms with van der Waals surface area (Å²) in [5.74, 6) is 1.10. The molecule has 0 saturated heterocycles. The molecule has 0 atom stereocenters. The molecule has 0 aromatic carbocycles. The van der Waals surface area contributed by atoms with Gasteiger partial charge in [-0.15, -0.1) is 0 Å². The van der Waals surface area contributed by atoms with Gasteiger partial charge in [0, 0.05) is 12.4 Å². The van der Waals surface area contributed by atoms with Gasteiger partial charge in [-0.3, -0.25) is 0 Å². The molecule has 0 aliphatic heterocycles. The first-order valence-corrected chi connectivity index (χ1v) is 4.79. The summed E-state index contributed by atoms with van der Waals surface area (Å²) in [6.45, 7) is 1.81. The van der Waals surface area contributed by atoms with E-state index in [0.717, 1.165) is 11.4 Å². The number of aromatic nitrogens is 2. The van der Waals surface area contributed by atoms with Crippen LogP contribution in [0.2, 0.25) is 0 Å². The van der Waals surface area contributed by atoms with Crippen LogP contribution in [0.4, 0.5) is 0 Å². The quantitative estimate of drug-likeness (QED) is 0.737. The van der Waals surface area contributed by atoms with E-state index in [0.29, 0.717) is 5.75 Å². The molecular formula is C10H11BN2O3. The average Bonchev–Trinajstić information content (AvgIpc) is 2.73. The summed E-state index contributed by atoms with van der Waals surface area (Å²) in [5.41, 5.74) is 0.784. The normalized spacial score (nSPS) is 10.2. The third-order valence-electron chi connectivity index (χ3n) is 2.15.